The highest BCUT2D eigenvalue weighted by molar-refractivity contribution is 5.87. The maximum atomic E-state index is 13.1. The zero-order valence-corrected chi connectivity index (χ0v) is 18.7. The Hall–Kier alpha value is -3.71. The first-order chi connectivity index (χ1) is 16.5. The molecule has 1 aliphatic rings. The summed E-state index contributed by atoms with van der Waals surface area (Å²) in [5, 5.41) is 12.0. The highest BCUT2D eigenvalue weighted by atomic mass is 19.1. The number of rotatable bonds is 9. The Labute approximate surface area is 198 Å². The third-order valence-electron chi connectivity index (χ3n) is 5.96. The number of nitrogens with one attached hydrogen (secondary N) is 1. The van der Waals surface area contributed by atoms with Crippen LogP contribution in [0.15, 0.2) is 72.8 Å². The van der Waals surface area contributed by atoms with Crippen molar-refractivity contribution in [3.63, 3.8) is 0 Å². The zero-order chi connectivity index (χ0) is 23.9. The standard InChI is InChI=1S/C27H27FN2O4/c28-23-11-5-20(6-12-23)17-30-15-1-2-25(30)26(31)29-16-19-7-13-24(14-8-19)34-18-21-3-9-22(10-4-21)27(32)33/h3-14,25H,1-2,15-18H2,(H,29,31)(H,32,33)/t25-/m1/s1. The molecule has 3 aromatic carbocycles. The molecule has 0 aliphatic carbocycles. The highest BCUT2D eigenvalue weighted by Crippen LogP contribution is 2.21. The maximum Gasteiger partial charge on any atom is 0.335 e. The molecule has 1 atom stereocenters. The van der Waals surface area contributed by atoms with Crippen LogP contribution < -0.4 is 10.1 Å². The minimum Gasteiger partial charge on any atom is -0.489 e. The van der Waals surface area contributed by atoms with Crippen LogP contribution in [0, 0.1) is 5.82 Å². The first-order valence-electron chi connectivity index (χ1n) is 11.3. The predicted molar refractivity (Wildman–Crippen MR) is 126 cm³/mol. The molecule has 1 aliphatic heterocycles. The fraction of sp³-hybridized carbons (Fsp3) is 0.259. The monoisotopic (exact) mass is 462 g/mol. The summed E-state index contributed by atoms with van der Waals surface area (Å²) in [4.78, 5) is 25.9. The number of carboxylic acids is 1. The molecule has 1 fully saturated rings. The van der Waals surface area contributed by atoms with Crippen LogP contribution in [0.4, 0.5) is 4.39 Å². The van der Waals surface area contributed by atoms with Crippen LogP contribution in [0.2, 0.25) is 0 Å². The summed E-state index contributed by atoms with van der Waals surface area (Å²) in [6.07, 6.45) is 1.78. The molecule has 4 rings (SSSR count). The third-order valence-corrected chi connectivity index (χ3v) is 5.96. The van der Waals surface area contributed by atoms with Gasteiger partial charge in [0, 0.05) is 13.1 Å². The van der Waals surface area contributed by atoms with Gasteiger partial charge in [-0.1, -0.05) is 36.4 Å². The Bertz CT molecular complexity index is 1110. The summed E-state index contributed by atoms with van der Waals surface area (Å²) >= 11 is 0. The number of ether oxygens (including phenoxy) is 1. The quantitative estimate of drug-likeness (QED) is 0.493. The molecule has 1 amide bonds. The van der Waals surface area contributed by atoms with Crippen LogP contribution in [0.25, 0.3) is 0 Å². The van der Waals surface area contributed by atoms with Crippen LogP contribution in [-0.4, -0.2) is 34.5 Å². The van der Waals surface area contributed by atoms with Crippen molar-refractivity contribution in [1.29, 1.82) is 0 Å². The van der Waals surface area contributed by atoms with E-state index in [-0.39, 0.29) is 23.3 Å². The molecule has 0 saturated carbocycles. The van der Waals surface area contributed by atoms with E-state index in [1.54, 1.807) is 36.4 Å². The van der Waals surface area contributed by atoms with Gasteiger partial charge in [0.1, 0.15) is 18.2 Å². The van der Waals surface area contributed by atoms with Crippen LogP contribution in [0.5, 0.6) is 5.75 Å². The minimum absolute atomic E-state index is 0.00439. The molecule has 7 heteroatoms. The summed E-state index contributed by atoms with van der Waals surface area (Å²) in [6.45, 7) is 2.24. The van der Waals surface area contributed by atoms with Crippen molar-refractivity contribution >= 4 is 11.9 Å². The van der Waals surface area contributed by atoms with Crippen molar-refractivity contribution in [1.82, 2.24) is 10.2 Å². The molecule has 34 heavy (non-hydrogen) atoms. The van der Waals surface area contributed by atoms with Gasteiger partial charge in [-0.05, 0) is 72.5 Å². The number of benzene rings is 3. The van der Waals surface area contributed by atoms with Gasteiger partial charge < -0.3 is 15.2 Å². The van der Waals surface area contributed by atoms with E-state index in [4.69, 9.17) is 9.84 Å². The second kappa shape index (κ2) is 10.9. The van der Waals surface area contributed by atoms with Gasteiger partial charge >= 0.3 is 5.97 Å². The van der Waals surface area contributed by atoms with E-state index in [1.807, 2.05) is 24.3 Å². The third kappa shape index (κ3) is 6.20. The molecule has 1 heterocycles. The molecule has 0 radical (unpaired) electrons. The predicted octanol–water partition coefficient (Wildman–Crippen LogP) is 4.38. The molecular formula is C27H27FN2O4. The van der Waals surface area contributed by atoms with Gasteiger partial charge in [0.25, 0.3) is 0 Å². The van der Waals surface area contributed by atoms with E-state index in [2.05, 4.69) is 10.2 Å². The molecule has 2 N–H and O–H groups in total. The summed E-state index contributed by atoms with van der Waals surface area (Å²) < 4.78 is 18.9. The first-order valence-corrected chi connectivity index (χ1v) is 11.3. The number of amides is 1. The smallest absolute Gasteiger partial charge is 0.335 e. The van der Waals surface area contributed by atoms with E-state index < -0.39 is 5.97 Å². The largest absolute Gasteiger partial charge is 0.489 e. The topological polar surface area (TPSA) is 78.9 Å². The van der Waals surface area contributed by atoms with Crippen molar-refractivity contribution in [3.8, 4) is 5.75 Å². The van der Waals surface area contributed by atoms with E-state index in [0.29, 0.717) is 25.4 Å². The number of aromatic carboxylic acids is 1. The Morgan fingerprint density at radius 1 is 0.941 bits per heavy atom. The normalized spacial score (nSPS) is 15.7. The number of halogens is 1. The van der Waals surface area contributed by atoms with Gasteiger partial charge in [-0.3, -0.25) is 9.69 Å². The van der Waals surface area contributed by atoms with Gasteiger partial charge in [-0.15, -0.1) is 0 Å². The lowest BCUT2D eigenvalue weighted by Gasteiger charge is -2.23. The minimum atomic E-state index is -0.955. The summed E-state index contributed by atoms with van der Waals surface area (Å²) in [7, 11) is 0. The van der Waals surface area contributed by atoms with Crippen molar-refractivity contribution in [3.05, 3.63) is 101 Å². The number of carbonyl (C=O) groups excluding carboxylic acids is 1. The Morgan fingerprint density at radius 3 is 2.26 bits per heavy atom. The van der Waals surface area contributed by atoms with Crippen LogP contribution in [0.3, 0.4) is 0 Å². The Morgan fingerprint density at radius 2 is 1.59 bits per heavy atom. The summed E-state index contributed by atoms with van der Waals surface area (Å²) in [6, 6.07) is 20.3. The Balaban J connectivity index is 1.25. The second-order valence-electron chi connectivity index (χ2n) is 8.41. The van der Waals surface area contributed by atoms with Gasteiger partial charge in [-0.2, -0.15) is 0 Å². The number of hydrogen-bond acceptors (Lipinski definition) is 4. The fourth-order valence-corrected chi connectivity index (χ4v) is 4.06. The second-order valence-corrected chi connectivity index (χ2v) is 8.41. The fourth-order valence-electron chi connectivity index (χ4n) is 4.06. The summed E-state index contributed by atoms with van der Waals surface area (Å²) in [5.74, 6) is -0.516. The lowest BCUT2D eigenvalue weighted by atomic mass is 10.1. The molecule has 0 unspecified atom stereocenters. The van der Waals surface area contributed by atoms with Gasteiger partial charge in [0.05, 0.1) is 11.6 Å². The van der Waals surface area contributed by atoms with Crippen molar-refractivity contribution in [2.45, 2.75) is 38.6 Å². The number of nitrogens with zero attached hydrogens (tertiary/aromatic N) is 1. The average molecular weight is 463 g/mol. The van der Waals surface area contributed by atoms with Crippen molar-refractivity contribution < 1.29 is 23.8 Å². The molecule has 176 valence electrons. The molecule has 0 aromatic heterocycles. The van der Waals surface area contributed by atoms with Gasteiger partial charge in [0.2, 0.25) is 5.91 Å². The highest BCUT2D eigenvalue weighted by Gasteiger charge is 2.30. The molecule has 0 spiro atoms. The molecular weight excluding hydrogens is 435 g/mol. The van der Waals surface area contributed by atoms with E-state index >= 15 is 0 Å². The molecule has 3 aromatic rings. The lowest BCUT2D eigenvalue weighted by molar-refractivity contribution is -0.125. The van der Waals surface area contributed by atoms with Crippen molar-refractivity contribution in [2.75, 3.05) is 6.54 Å². The van der Waals surface area contributed by atoms with Gasteiger partial charge in [-0.25, -0.2) is 9.18 Å². The zero-order valence-electron chi connectivity index (χ0n) is 18.7. The van der Waals surface area contributed by atoms with Crippen LogP contribution in [0.1, 0.15) is 39.9 Å². The number of likely N-dealkylation sites (tertiary alicyclic amines) is 1. The molecule has 1 saturated heterocycles. The lowest BCUT2D eigenvalue weighted by Crippen LogP contribution is -2.42. The van der Waals surface area contributed by atoms with Crippen LogP contribution >= 0.6 is 0 Å². The van der Waals surface area contributed by atoms with E-state index in [0.717, 1.165) is 36.1 Å². The number of carbonyl (C=O) groups is 2. The Kier molecular flexibility index (Phi) is 7.54. The first kappa shape index (κ1) is 23.4. The average Bonchev–Trinajstić information content (AvgIpc) is 3.32. The van der Waals surface area contributed by atoms with Gasteiger partial charge in [0.15, 0.2) is 0 Å². The summed E-state index contributed by atoms with van der Waals surface area (Å²) in [5.41, 5.74) is 3.08. The number of hydrogen-bond donors (Lipinski definition) is 2. The molecule has 6 nitrogen and oxygen atoms in total. The molecule has 0 bridgehead atoms. The number of carboxylic acid groups (broad SMARTS) is 1. The van der Waals surface area contributed by atoms with E-state index in [9.17, 15) is 14.0 Å². The van der Waals surface area contributed by atoms with E-state index in [1.165, 1.54) is 12.1 Å². The SMILES string of the molecule is O=C(O)c1ccc(COc2ccc(CNC(=O)[C@H]3CCCN3Cc3ccc(F)cc3)cc2)cc1. The van der Waals surface area contributed by atoms with Crippen LogP contribution in [-0.2, 0) is 24.5 Å². The maximum absolute atomic E-state index is 13.1. The van der Waals surface area contributed by atoms with Crippen molar-refractivity contribution in [2.24, 2.45) is 0 Å².